The van der Waals surface area contributed by atoms with Crippen LogP contribution in [0.1, 0.15) is 39.5 Å². The predicted molar refractivity (Wildman–Crippen MR) is 64.3 cm³/mol. The molecule has 0 rings (SSSR count). The molecule has 0 heterocycles. The van der Waals surface area contributed by atoms with Crippen molar-refractivity contribution >= 4 is 0 Å². The van der Waals surface area contributed by atoms with Crippen LogP contribution in [0.4, 0.5) is 0 Å². The summed E-state index contributed by atoms with van der Waals surface area (Å²) >= 11 is 0. The van der Waals surface area contributed by atoms with Crippen molar-refractivity contribution in [2.24, 2.45) is 0 Å². The molecule has 0 amide bonds. The molecule has 0 fully saturated rings. The van der Waals surface area contributed by atoms with Gasteiger partial charge in [-0.1, -0.05) is 19.8 Å². The van der Waals surface area contributed by atoms with E-state index in [9.17, 15) is 0 Å². The summed E-state index contributed by atoms with van der Waals surface area (Å²) in [6.45, 7) is 7.99. The Morgan fingerprint density at radius 2 is 1.87 bits per heavy atom. The number of methoxy groups -OCH3 is 1. The van der Waals surface area contributed by atoms with Gasteiger partial charge >= 0.3 is 0 Å². The molecule has 0 bridgehead atoms. The molecule has 0 aliphatic heterocycles. The highest BCUT2D eigenvalue weighted by Crippen LogP contribution is 2.01. The first kappa shape index (κ1) is 14.9. The number of ether oxygens (including phenoxy) is 2. The number of unbranched alkanes of at least 4 members (excludes halogenated alkanes) is 3. The van der Waals surface area contributed by atoms with Crippen LogP contribution in [0.25, 0.3) is 0 Å². The minimum Gasteiger partial charge on any atom is -0.382 e. The Morgan fingerprint density at radius 1 is 1.13 bits per heavy atom. The molecule has 0 radical (unpaired) electrons. The molecule has 0 aromatic rings. The van der Waals surface area contributed by atoms with Gasteiger partial charge in [-0.25, -0.2) is 0 Å². The second kappa shape index (κ2) is 12.0. The van der Waals surface area contributed by atoms with Gasteiger partial charge in [-0.2, -0.15) is 0 Å². The average molecular weight is 217 g/mol. The van der Waals surface area contributed by atoms with Crippen LogP contribution in [0, 0.1) is 0 Å². The van der Waals surface area contributed by atoms with Gasteiger partial charge in [0.05, 0.1) is 12.7 Å². The van der Waals surface area contributed by atoms with Gasteiger partial charge < -0.3 is 14.8 Å². The Kier molecular flexibility index (Phi) is 11.9. The summed E-state index contributed by atoms with van der Waals surface area (Å²) in [6.07, 6.45) is 5.25. The summed E-state index contributed by atoms with van der Waals surface area (Å²) in [5.74, 6) is 0. The average Bonchev–Trinajstić information content (AvgIpc) is 2.22. The maximum atomic E-state index is 5.57. The Morgan fingerprint density at radius 3 is 2.53 bits per heavy atom. The maximum absolute atomic E-state index is 5.57. The highest BCUT2D eigenvalue weighted by Gasteiger charge is 1.99. The molecular weight excluding hydrogens is 190 g/mol. The van der Waals surface area contributed by atoms with Crippen molar-refractivity contribution in [3.63, 3.8) is 0 Å². The third kappa shape index (κ3) is 11.8. The summed E-state index contributed by atoms with van der Waals surface area (Å²) in [5, 5.41) is 3.33. The van der Waals surface area contributed by atoms with Gasteiger partial charge in [0.2, 0.25) is 0 Å². The molecular formula is C12H27NO2. The van der Waals surface area contributed by atoms with E-state index >= 15 is 0 Å². The molecule has 0 aliphatic carbocycles. The molecule has 3 heteroatoms. The quantitative estimate of drug-likeness (QED) is 0.538. The zero-order valence-corrected chi connectivity index (χ0v) is 10.6. The molecule has 3 nitrogen and oxygen atoms in total. The molecule has 0 aromatic carbocycles. The molecule has 1 unspecified atom stereocenters. The third-order valence-corrected chi connectivity index (χ3v) is 2.30. The van der Waals surface area contributed by atoms with Crippen LogP contribution in [0.3, 0.4) is 0 Å². The zero-order valence-electron chi connectivity index (χ0n) is 10.6. The van der Waals surface area contributed by atoms with E-state index in [1.54, 1.807) is 7.11 Å². The monoisotopic (exact) mass is 217 g/mol. The molecule has 15 heavy (non-hydrogen) atoms. The van der Waals surface area contributed by atoms with Gasteiger partial charge in [0, 0.05) is 13.7 Å². The number of hydrogen-bond donors (Lipinski definition) is 1. The van der Waals surface area contributed by atoms with Crippen LogP contribution in [0.5, 0.6) is 0 Å². The largest absolute Gasteiger partial charge is 0.382 e. The Labute approximate surface area is 94.5 Å². The van der Waals surface area contributed by atoms with Crippen LogP contribution < -0.4 is 5.32 Å². The van der Waals surface area contributed by atoms with E-state index in [-0.39, 0.29) is 6.10 Å². The van der Waals surface area contributed by atoms with Crippen molar-refractivity contribution in [2.45, 2.75) is 45.6 Å². The van der Waals surface area contributed by atoms with E-state index in [1.165, 1.54) is 25.7 Å². The van der Waals surface area contributed by atoms with Crippen LogP contribution >= 0.6 is 0 Å². The van der Waals surface area contributed by atoms with Crippen LogP contribution in [-0.4, -0.2) is 39.5 Å². The maximum Gasteiger partial charge on any atom is 0.0780 e. The molecule has 0 saturated heterocycles. The predicted octanol–water partition coefficient (Wildman–Crippen LogP) is 2.21. The van der Waals surface area contributed by atoms with Crippen molar-refractivity contribution < 1.29 is 9.47 Å². The lowest BCUT2D eigenvalue weighted by molar-refractivity contribution is 0.00764. The third-order valence-electron chi connectivity index (χ3n) is 2.30. The summed E-state index contributed by atoms with van der Waals surface area (Å²) in [6, 6.07) is 0. The van der Waals surface area contributed by atoms with Gasteiger partial charge in [0.15, 0.2) is 0 Å². The fraction of sp³-hybridized carbons (Fsp3) is 1.00. The number of rotatable bonds is 11. The van der Waals surface area contributed by atoms with Crippen molar-refractivity contribution in [3.8, 4) is 0 Å². The fourth-order valence-electron chi connectivity index (χ4n) is 1.45. The second-order valence-corrected chi connectivity index (χ2v) is 3.90. The summed E-state index contributed by atoms with van der Waals surface area (Å²) < 4.78 is 10.6. The second-order valence-electron chi connectivity index (χ2n) is 3.90. The minimum absolute atomic E-state index is 0.233. The molecule has 0 spiro atoms. The summed E-state index contributed by atoms with van der Waals surface area (Å²) in [4.78, 5) is 0. The molecule has 0 aliphatic rings. The van der Waals surface area contributed by atoms with Crippen molar-refractivity contribution in [1.82, 2.24) is 5.32 Å². The van der Waals surface area contributed by atoms with E-state index in [1.807, 2.05) is 0 Å². The minimum atomic E-state index is 0.233. The Balaban J connectivity index is 2.98. The fourth-order valence-corrected chi connectivity index (χ4v) is 1.45. The normalized spacial score (nSPS) is 13.0. The molecule has 1 N–H and O–H groups in total. The van der Waals surface area contributed by atoms with Crippen LogP contribution in [-0.2, 0) is 9.47 Å². The van der Waals surface area contributed by atoms with Crippen molar-refractivity contribution in [3.05, 3.63) is 0 Å². The molecule has 92 valence electrons. The van der Waals surface area contributed by atoms with Gasteiger partial charge in [-0.15, -0.1) is 0 Å². The SMILES string of the molecule is CCNCCCCCCOC(C)COC. The van der Waals surface area contributed by atoms with Gasteiger partial charge in [0.25, 0.3) is 0 Å². The summed E-state index contributed by atoms with van der Waals surface area (Å²) in [5.41, 5.74) is 0. The van der Waals surface area contributed by atoms with E-state index in [4.69, 9.17) is 9.47 Å². The zero-order chi connectivity index (χ0) is 11.4. The first-order chi connectivity index (χ1) is 7.31. The number of hydrogen-bond acceptors (Lipinski definition) is 3. The van der Waals surface area contributed by atoms with Crippen molar-refractivity contribution in [2.75, 3.05) is 33.4 Å². The van der Waals surface area contributed by atoms with Crippen molar-refractivity contribution in [1.29, 1.82) is 0 Å². The molecule has 0 saturated carbocycles. The lowest BCUT2D eigenvalue weighted by Gasteiger charge is -2.11. The topological polar surface area (TPSA) is 30.5 Å². The standard InChI is InChI=1S/C12H27NO2/c1-4-13-9-7-5-6-8-10-15-12(2)11-14-3/h12-13H,4-11H2,1-3H3. The molecule has 0 aromatic heterocycles. The van der Waals surface area contributed by atoms with Gasteiger partial charge in [0.1, 0.15) is 0 Å². The number of nitrogens with one attached hydrogen (secondary N) is 1. The smallest absolute Gasteiger partial charge is 0.0780 e. The Bertz CT molecular complexity index is 120. The Hall–Kier alpha value is -0.120. The molecule has 1 atom stereocenters. The van der Waals surface area contributed by atoms with E-state index in [2.05, 4.69) is 19.2 Å². The summed E-state index contributed by atoms with van der Waals surface area (Å²) in [7, 11) is 1.71. The van der Waals surface area contributed by atoms with E-state index in [0.717, 1.165) is 19.7 Å². The van der Waals surface area contributed by atoms with Crippen LogP contribution in [0.2, 0.25) is 0 Å². The van der Waals surface area contributed by atoms with E-state index < -0.39 is 0 Å². The van der Waals surface area contributed by atoms with E-state index in [0.29, 0.717) is 6.61 Å². The lowest BCUT2D eigenvalue weighted by atomic mass is 10.2. The first-order valence-corrected chi connectivity index (χ1v) is 6.12. The lowest BCUT2D eigenvalue weighted by Crippen LogP contribution is -2.15. The highest BCUT2D eigenvalue weighted by atomic mass is 16.5. The van der Waals surface area contributed by atoms with Gasteiger partial charge in [-0.05, 0) is 32.9 Å². The highest BCUT2D eigenvalue weighted by molar-refractivity contribution is 4.49. The van der Waals surface area contributed by atoms with Crippen LogP contribution in [0.15, 0.2) is 0 Å². The first-order valence-electron chi connectivity index (χ1n) is 6.12. The van der Waals surface area contributed by atoms with Gasteiger partial charge in [-0.3, -0.25) is 0 Å².